The van der Waals surface area contributed by atoms with Crippen LogP contribution in [0, 0.1) is 11.7 Å². The van der Waals surface area contributed by atoms with E-state index in [-0.39, 0.29) is 23.8 Å². The predicted octanol–water partition coefficient (Wildman–Crippen LogP) is 3.69. The van der Waals surface area contributed by atoms with Crippen LogP contribution >= 0.6 is 0 Å². The fourth-order valence-corrected chi connectivity index (χ4v) is 6.26. The number of hydrogen-bond donors (Lipinski definition) is 6. The number of carboxylic acids is 1. The quantitative estimate of drug-likeness (QED) is 0.138. The number of aromatic hydroxyl groups is 1. The molecule has 0 saturated carbocycles. The minimum atomic E-state index is -1.85. The summed E-state index contributed by atoms with van der Waals surface area (Å²) in [5.41, 5.74) is 2.86. The molecule has 12 heteroatoms. The number of benzene rings is 4. The van der Waals surface area contributed by atoms with Crippen LogP contribution in [0.25, 0.3) is 11.1 Å². The van der Waals surface area contributed by atoms with Gasteiger partial charge in [0.25, 0.3) is 0 Å². The second-order valence-corrected chi connectivity index (χ2v) is 11.9. The second kappa shape index (κ2) is 13.7. The van der Waals surface area contributed by atoms with Gasteiger partial charge in [0.2, 0.25) is 12.2 Å². The van der Waals surface area contributed by atoms with Gasteiger partial charge in [0.05, 0.1) is 18.1 Å². The molecule has 6 rings (SSSR count). The lowest BCUT2D eigenvalue weighted by Gasteiger charge is -2.48. The molecule has 11 nitrogen and oxygen atoms in total. The van der Waals surface area contributed by atoms with E-state index in [1.54, 1.807) is 47.4 Å². The van der Waals surface area contributed by atoms with Crippen molar-refractivity contribution in [3.63, 3.8) is 0 Å². The first-order chi connectivity index (χ1) is 23.0. The third-order valence-corrected chi connectivity index (χ3v) is 8.84. The van der Waals surface area contributed by atoms with Crippen LogP contribution in [-0.4, -0.2) is 73.2 Å². The molecule has 4 aromatic carbocycles. The van der Waals surface area contributed by atoms with Crippen LogP contribution in [0.4, 0.5) is 10.1 Å². The first kappa shape index (κ1) is 33.1. The smallest absolute Gasteiger partial charge is 0.335 e. The number of carbonyl (C=O) groups is 2. The van der Waals surface area contributed by atoms with Gasteiger partial charge in [-0.3, -0.25) is 4.79 Å². The number of carbonyl (C=O) groups excluding carboxylic acids is 1. The molecule has 8 atom stereocenters. The number of amides is 1. The minimum Gasteiger partial charge on any atom is -0.508 e. The number of anilines is 1. The molecule has 6 N–H and O–H groups in total. The molecule has 1 amide bonds. The molecule has 48 heavy (non-hydrogen) atoms. The molecular weight excluding hydrogens is 625 g/mol. The predicted molar refractivity (Wildman–Crippen MR) is 169 cm³/mol. The van der Waals surface area contributed by atoms with Crippen molar-refractivity contribution in [3.05, 3.63) is 114 Å². The monoisotopic (exact) mass is 659 g/mol. The van der Waals surface area contributed by atoms with Crippen LogP contribution in [0.1, 0.15) is 36.1 Å². The molecule has 0 aliphatic carbocycles. The van der Waals surface area contributed by atoms with Crippen molar-refractivity contribution in [2.24, 2.45) is 5.92 Å². The molecule has 0 spiro atoms. The number of aliphatic hydroxyl groups is 4. The number of ether oxygens (including phenoxy) is 2. The fraction of sp³-hybridized carbons (Fsp3) is 0.278. The Kier molecular flexibility index (Phi) is 9.45. The summed E-state index contributed by atoms with van der Waals surface area (Å²) in [7, 11) is 0. The Labute approximate surface area is 274 Å². The zero-order chi connectivity index (χ0) is 34.1. The minimum absolute atomic E-state index is 0.0752. The van der Waals surface area contributed by atoms with Gasteiger partial charge in [-0.15, -0.1) is 0 Å². The Hall–Kier alpha value is -4.85. The number of aliphatic carboxylic acids is 1. The highest BCUT2D eigenvalue weighted by atomic mass is 19.1. The number of phenolic OH excluding ortho intramolecular Hbond substituents is 1. The van der Waals surface area contributed by atoms with Crippen molar-refractivity contribution in [1.29, 1.82) is 0 Å². The van der Waals surface area contributed by atoms with Crippen molar-refractivity contribution >= 4 is 17.6 Å². The molecule has 4 aromatic rings. The third-order valence-electron chi connectivity index (χ3n) is 8.84. The van der Waals surface area contributed by atoms with Gasteiger partial charge in [0.15, 0.2) is 6.10 Å². The van der Waals surface area contributed by atoms with Gasteiger partial charge in [0, 0.05) is 11.3 Å². The maximum absolute atomic E-state index is 13.5. The summed E-state index contributed by atoms with van der Waals surface area (Å²) in [4.78, 5) is 26.5. The van der Waals surface area contributed by atoms with E-state index in [1.807, 2.05) is 18.2 Å². The number of aliphatic hydroxyl groups excluding tert-OH is 4. The summed E-state index contributed by atoms with van der Waals surface area (Å²) in [5.74, 6) is -2.55. The summed E-state index contributed by atoms with van der Waals surface area (Å²) in [6, 6.07) is 25.6. The summed E-state index contributed by atoms with van der Waals surface area (Å²) in [6.45, 7) is 0. The lowest BCUT2D eigenvalue weighted by Crippen LogP contribution is -2.61. The largest absolute Gasteiger partial charge is 0.508 e. The number of rotatable bonds is 10. The Balaban J connectivity index is 1.23. The maximum Gasteiger partial charge on any atom is 0.335 e. The fourth-order valence-electron chi connectivity index (χ4n) is 6.26. The summed E-state index contributed by atoms with van der Waals surface area (Å²) < 4.78 is 24.3. The molecule has 0 aromatic heterocycles. The molecule has 250 valence electrons. The van der Waals surface area contributed by atoms with Gasteiger partial charge in [-0.25, -0.2) is 9.18 Å². The van der Waals surface area contributed by atoms with Gasteiger partial charge >= 0.3 is 5.97 Å². The summed E-state index contributed by atoms with van der Waals surface area (Å²) >= 11 is 0. The van der Waals surface area contributed by atoms with E-state index in [0.29, 0.717) is 34.4 Å². The first-order valence-corrected chi connectivity index (χ1v) is 15.4. The molecule has 2 saturated heterocycles. The van der Waals surface area contributed by atoms with Crippen molar-refractivity contribution in [1.82, 2.24) is 0 Å². The van der Waals surface area contributed by atoms with Gasteiger partial charge in [0.1, 0.15) is 35.6 Å². The number of β-lactam (4-membered cyclic amide) rings is 1. The first-order valence-electron chi connectivity index (χ1n) is 15.4. The van der Waals surface area contributed by atoms with Crippen molar-refractivity contribution in [2.75, 3.05) is 4.90 Å². The van der Waals surface area contributed by atoms with Gasteiger partial charge in [-0.1, -0.05) is 54.6 Å². The van der Waals surface area contributed by atoms with Crippen molar-refractivity contribution < 1.29 is 54.1 Å². The number of hydrogen-bond acceptors (Lipinski definition) is 9. The Morgan fingerprint density at radius 3 is 2.27 bits per heavy atom. The topological polar surface area (TPSA) is 177 Å². The van der Waals surface area contributed by atoms with E-state index in [2.05, 4.69) is 0 Å². The molecule has 2 aliphatic heterocycles. The lowest BCUT2D eigenvalue weighted by atomic mass is 9.77. The van der Waals surface area contributed by atoms with Crippen LogP contribution in [0.15, 0.2) is 97.1 Å². The molecule has 0 radical (unpaired) electrons. The normalized spacial score (nSPS) is 26.1. The average molecular weight is 660 g/mol. The van der Waals surface area contributed by atoms with E-state index >= 15 is 0 Å². The second-order valence-electron chi connectivity index (χ2n) is 11.9. The summed E-state index contributed by atoms with van der Waals surface area (Å²) in [5, 5.41) is 61.8. The zero-order valence-corrected chi connectivity index (χ0v) is 25.4. The number of halogens is 1. The van der Waals surface area contributed by atoms with Gasteiger partial charge in [-0.2, -0.15) is 0 Å². The Morgan fingerprint density at radius 1 is 0.875 bits per heavy atom. The van der Waals surface area contributed by atoms with Crippen LogP contribution < -0.4 is 9.64 Å². The average Bonchev–Trinajstić information content (AvgIpc) is 3.08. The van der Waals surface area contributed by atoms with E-state index in [4.69, 9.17) is 9.47 Å². The standard InChI is InChI=1S/C36H34FNO10/c37-22-12-9-19(10-13-22)27(39)16-15-26-29(38(34(26)44)23-6-2-1-3-7-23)25-14-11-21(18-28(25)40)20-5-4-8-24(17-20)47-36-32(43)30(41)31(42)33(48-36)35(45)46/h1-14,17-18,26-27,29-33,36,39-43H,15-16H2,(H,45,46)/t26-,27+,29-,30+,31-,32?,33?,36-/m1/s1. The van der Waals surface area contributed by atoms with Gasteiger partial charge in [-0.05, 0) is 72.0 Å². The highest BCUT2D eigenvalue weighted by molar-refractivity contribution is 6.03. The number of nitrogens with zero attached hydrogens (tertiary/aromatic N) is 1. The molecule has 0 bridgehead atoms. The Bertz CT molecular complexity index is 1770. The number of carboxylic acid groups (broad SMARTS) is 1. The van der Waals surface area contributed by atoms with Crippen LogP contribution in [0.3, 0.4) is 0 Å². The third kappa shape index (κ3) is 6.48. The van der Waals surface area contributed by atoms with E-state index in [0.717, 1.165) is 0 Å². The Morgan fingerprint density at radius 2 is 1.58 bits per heavy atom. The molecule has 2 unspecified atom stereocenters. The van der Waals surface area contributed by atoms with E-state index in [9.17, 15) is 44.6 Å². The SMILES string of the molecule is O=C(O)C1O[C@@H](Oc2cccc(-c3ccc([C@@H]4[C@@H](CC[C@H](O)c5ccc(F)cc5)C(=O)N4c4ccccc4)c(O)c3)c2)C(O)[C@@H](O)[C@H]1O. The molecule has 2 fully saturated rings. The highest BCUT2D eigenvalue weighted by Gasteiger charge is 2.50. The number of phenols is 1. The lowest BCUT2D eigenvalue weighted by molar-refractivity contribution is -0.271. The van der Waals surface area contributed by atoms with Gasteiger partial charge < -0.3 is 45.0 Å². The highest BCUT2D eigenvalue weighted by Crippen LogP contribution is 2.49. The maximum atomic E-state index is 13.5. The summed E-state index contributed by atoms with van der Waals surface area (Å²) in [6.07, 6.45) is -9.15. The van der Waals surface area contributed by atoms with Crippen molar-refractivity contribution in [3.8, 4) is 22.6 Å². The number of para-hydroxylation sites is 1. The molecule has 2 aliphatic rings. The molecule has 2 heterocycles. The van der Waals surface area contributed by atoms with Crippen molar-refractivity contribution in [2.45, 2.75) is 55.7 Å². The van der Waals surface area contributed by atoms with E-state index < -0.39 is 60.6 Å². The van der Waals surface area contributed by atoms with Crippen LogP contribution in [0.5, 0.6) is 11.5 Å². The molecular formula is C36H34FNO10. The van der Waals surface area contributed by atoms with Crippen LogP contribution in [-0.2, 0) is 14.3 Å². The van der Waals surface area contributed by atoms with E-state index in [1.165, 1.54) is 36.4 Å². The zero-order valence-electron chi connectivity index (χ0n) is 25.4. The van der Waals surface area contributed by atoms with Crippen LogP contribution in [0.2, 0.25) is 0 Å².